The molecule has 1 unspecified atom stereocenters. The van der Waals surface area contributed by atoms with E-state index in [1.165, 1.54) is 12.1 Å². The molecule has 2 aromatic rings. The summed E-state index contributed by atoms with van der Waals surface area (Å²) in [6, 6.07) is 10.5. The molecule has 6 heteroatoms. The summed E-state index contributed by atoms with van der Waals surface area (Å²) in [6.45, 7) is 4.39. The fourth-order valence-electron chi connectivity index (χ4n) is 2.96. The summed E-state index contributed by atoms with van der Waals surface area (Å²) in [5, 5.41) is 5.49. The lowest BCUT2D eigenvalue weighted by atomic mass is 10.1. The van der Waals surface area contributed by atoms with Crippen LogP contribution in [0.4, 0.5) is 20.6 Å². The number of amides is 3. The zero-order valence-electron chi connectivity index (χ0n) is 14.2. The third-order valence-corrected chi connectivity index (χ3v) is 4.28. The fourth-order valence-corrected chi connectivity index (χ4v) is 2.96. The van der Waals surface area contributed by atoms with Crippen molar-refractivity contribution in [1.29, 1.82) is 0 Å². The smallest absolute Gasteiger partial charge is 0.319 e. The van der Waals surface area contributed by atoms with Crippen molar-refractivity contribution >= 4 is 23.3 Å². The molecule has 25 heavy (non-hydrogen) atoms. The molecule has 3 rings (SSSR count). The van der Waals surface area contributed by atoms with Gasteiger partial charge in [-0.2, -0.15) is 0 Å². The Morgan fingerprint density at radius 2 is 1.88 bits per heavy atom. The van der Waals surface area contributed by atoms with Gasteiger partial charge in [0.05, 0.1) is 0 Å². The van der Waals surface area contributed by atoms with E-state index < -0.39 is 12.1 Å². The van der Waals surface area contributed by atoms with E-state index in [9.17, 15) is 14.0 Å². The highest BCUT2D eigenvalue weighted by molar-refractivity contribution is 6.02. The number of nitrogens with one attached hydrogen (secondary N) is 2. The van der Waals surface area contributed by atoms with Crippen LogP contribution in [0.25, 0.3) is 0 Å². The lowest BCUT2D eigenvalue weighted by Crippen LogP contribution is -2.43. The third-order valence-electron chi connectivity index (χ3n) is 4.28. The number of urea groups is 1. The number of rotatable bonds is 3. The van der Waals surface area contributed by atoms with Gasteiger partial charge in [0, 0.05) is 17.9 Å². The van der Waals surface area contributed by atoms with Gasteiger partial charge in [-0.25, -0.2) is 9.18 Å². The van der Waals surface area contributed by atoms with Gasteiger partial charge in [-0.3, -0.25) is 4.79 Å². The molecule has 1 heterocycles. The van der Waals surface area contributed by atoms with Crippen LogP contribution in [0.1, 0.15) is 17.5 Å². The van der Waals surface area contributed by atoms with Gasteiger partial charge in [0.2, 0.25) is 5.91 Å². The summed E-state index contributed by atoms with van der Waals surface area (Å²) < 4.78 is 13.0. The quantitative estimate of drug-likeness (QED) is 0.899. The molecule has 0 radical (unpaired) electrons. The van der Waals surface area contributed by atoms with Crippen molar-refractivity contribution in [2.24, 2.45) is 0 Å². The van der Waals surface area contributed by atoms with Gasteiger partial charge in [-0.05, 0) is 56.2 Å². The molecule has 1 aliphatic rings. The largest absolute Gasteiger partial charge is 0.326 e. The van der Waals surface area contributed by atoms with Gasteiger partial charge in [0.1, 0.15) is 11.9 Å². The van der Waals surface area contributed by atoms with E-state index in [4.69, 9.17) is 0 Å². The molecule has 0 saturated carbocycles. The second-order valence-corrected chi connectivity index (χ2v) is 6.22. The molecule has 2 N–H and O–H groups in total. The summed E-state index contributed by atoms with van der Waals surface area (Å²) in [5.74, 6) is -0.541. The Kier molecular flexibility index (Phi) is 4.70. The minimum Gasteiger partial charge on any atom is -0.326 e. The van der Waals surface area contributed by atoms with Gasteiger partial charge in [0.25, 0.3) is 0 Å². The number of anilines is 2. The summed E-state index contributed by atoms with van der Waals surface area (Å²) in [6.07, 6.45) is 0.510. The van der Waals surface area contributed by atoms with E-state index in [0.717, 1.165) is 11.1 Å². The van der Waals surface area contributed by atoms with Crippen LogP contribution >= 0.6 is 0 Å². The number of hydrogen-bond acceptors (Lipinski definition) is 2. The second kappa shape index (κ2) is 6.93. The monoisotopic (exact) mass is 341 g/mol. The third kappa shape index (κ3) is 3.79. The molecule has 1 aliphatic heterocycles. The van der Waals surface area contributed by atoms with Gasteiger partial charge >= 0.3 is 6.03 Å². The highest BCUT2D eigenvalue weighted by Gasteiger charge is 2.33. The molecular weight excluding hydrogens is 321 g/mol. The average molecular weight is 341 g/mol. The van der Waals surface area contributed by atoms with Crippen molar-refractivity contribution in [3.05, 3.63) is 59.4 Å². The standard InChI is InChI=1S/C19H20FN3O2/c1-12-3-8-16(13(2)11-12)21-19(25)22-17-9-10-23(18(17)24)15-6-4-14(20)5-7-15/h3-8,11,17H,9-10H2,1-2H3,(H2,21,22,25). The number of hydrogen-bond donors (Lipinski definition) is 2. The maximum atomic E-state index is 13.0. The second-order valence-electron chi connectivity index (χ2n) is 6.22. The molecule has 1 atom stereocenters. The molecule has 1 fully saturated rings. The van der Waals surface area contributed by atoms with Crippen molar-refractivity contribution in [2.75, 3.05) is 16.8 Å². The molecule has 0 spiro atoms. The minimum atomic E-state index is -0.587. The number of aryl methyl sites for hydroxylation is 2. The molecule has 1 saturated heterocycles. The van der Waals surface area contributed by atoms with E-state index in [1.807, 2.05) is 32.0 Å². The van der Waals surface area contributed by atoms with E-state index in [-0.39, 0.29) is 11.7 Å². The Morgan fingerprint density at radius 3 is 2.56 bits per heavy atom. The normalized spacial score (nSPS) is 16.8. The summed E-state index contributed by atoms with van der Waals surface area (Å²) in [5.41, 5.74) is 3.42. The van der Waals surface area contributed by atoms with Crippen molar-refractivity contribution in [3.63, 3.8) is 0 Å². The molecule has 130 valence electrons. The fraction of sp³-hybridized carbons (Fsp3) is 0.263. The average Bonchev–Trinajstić information content (AvgIpc) is 2.92. The maximum Gasteiger partial charge on any atom is 0.319 e. The summed E-state index contributed by atoms with van der Waals surface area (Å²) in [4.78, 5) is 26.2. The number of carbonyl (C=O) groups excluding carboxylic acids is 2. The van der Waals surface area contributed by atoms with Crippen LogP contribution in [0.5, 0.6) is 0 Å². The summed E-state index contributed by atoms with van der Waals surface area (Å²) in [7, 11) is 0. The van der Waals surface area contributed by atoms with Crippen LogP contribution < -0.4 is 15.5 Å². The number of nitrogens with zero attached hydrogens (tertiary/aromatic N) is 1. The van der Waals surface area contributed by atoms with Crippen molar-refractivity contribution in [1.82, 2.24) is 5.32 Å². The Hall–Kier alpha value is -2.89. The van der Waals surface area contributed by atoms with E-state index >= 15 is 0 Å². The molecule has 0 aliphatic carbocycles. The highest BCUT2D eigenvalue weighted by Crippen LogP contribution is 2.22. The van der Waals surface area contributed by atoms with Crippen LogP contribution in [0.3, 0.4) is 0 Å². The zero-order chi connectivity index (χ0) is 18.0. The van der Waals surface area contributed by atoms with Gasteiger partial charge < -0.3 is 15.5 Å². The predicted molar refractivity (Wildman–Crippen MR) is 95.2 cm³/mol. The van der Waals surface area contributed by atoms with Crippen molar-refractivity contribution in [3.8, 4) is 0 Å². The Labute approximate surface area is 145 Å². The molecule has 2 aromatic carbocycles. The first-order chi connectivity index (χ1) is 11.9. The molecule has 0 bridgehead atoms. The van der Waals surface area contributed by atoms with Gasteiger partial charge in [-0.15, -0.1) is 0 Å². The SMILES string of the molecule is Cc1ccc(NC(=O)NC2CCN(c3ccc(F)cc3)C2=O)c(C)c1. The molecule has 0 aromatic heterocycles. The van der Waals surface area contributed by atoms with Gasteiger partial charge in [0.15, 0.2) is 0 Å². The maximum absolute atomic E-state index is 13.0. The van der Waals surface area contributed by atoms with Crippen LogP contribution in [0, 0.1) is 19.7 Å². The van der Waals surface area contributed by atoms with Crippen LogP contribution in [-0.4, -0.2) is 24.5 Å². The van der Waals surface area contributed by atoms with Crippen molar-refractivity contribution in [2.45, 2.75) is 26.3 Å². The lowest BCUT2D eigenvalue weighted by Gasteiger charge is -2.17. The zero-order valence-corrected chi connectivity index (χ0v) is 14.2. The van der Waals surface area contributed by atoms with E-state index in [0.29, 0.717) is 24.3 Å². The molecular formula is C19H20FN3O2. The van der Waals surface area contributed by atoms with Crippen LogP contribution in [-0.2, 0) is 4.79 Å². The number of benzene rings is 2. The first-order valence-corrected chi connectivity index (χ1v) is 8.16. The van der Waals surface area contributed by atoms with Gasteiger partial charge in [-0.1, -0.05) is 17.7 Å². The van der Waals surface area contributed by atoms with Crippen LogP contribution in [0.2, 0.25) is 0 Å². The Balaban J connectivity index is 1.62. The minimum absolute atomic E-state index is 0.192. The van der Waals surface area contributed by atoms with Crippen LogP contribution in [0.15, 0.2) is 42.5 Å². The number of carbonyl (C=O) groups is 2. The topological polar surface area (TPSA) is 61.4 Å². The number of halogens is 1. The first-order valence-electron chi connectivity index (χ1n) is 8.16. The Bertz CT molecular complexity index is 805. The lowest BCUT2D eigenvalue weighted by molar-refractivity contribution is -0.118. The Morgan fingerprint density at radius 1 is 1.16 bits per heavy atom. The highest BCUT2D eigenvalue weighted by atomic mass is 19.1. The van der Waals surface area contributed by atoms with E-state index in [2.05, 4.69) is 10.6 Å². The van der Waals surface area contributed by atoms with E-state index in [1.54, 1.807) is 17.0 Å². The first kappa shape index (κ1) is 17.0. The summed E-state index contributed by atoms with van der Waals surface area (Å²) >= 11 is 0. The van der Waals surface area contributed by atoms with Crippen molar-refractivity contribution < 1.29 is 14.0 Å². The molecule has 3 amide bonds. The predicted octanol–water partition coefficient (Wildman–Crippen LogP) is 3.37. The molecule has 5 nitrogen and oxygen atoms in total.